The summed E-state index contributed by atoms with van der Waals surface area (Å²) in [6, 6.07) is 29.0. The fourth-order valence-corrected chi connectivity index (χ4v) is 3.22. The molecule has 0 saturated heterocycles. The van der Waals surface area contributed by atoms with Gasteiger partial charge in [0.15, 0.2) is 0 Å². The molecule has 4 rings (SSSR count). The van der Waals surface area contributed by atoms with Gasteiger partial charge in [-0.3, -0.25) is 9.48 Å². The molecule has 1 amide bonds. The van der Waals surface area contributed by atoms with Crippen LogP contribution in [0.15, 0.2) is 91.1 Å². The zero-order valence-electron chi connectivity index (χ0n) is 17.3. The van der Waals surface area contributed by atoms with Gasteiger partial charge < -0.3 is 5.32 Å². The molecule has 0 bridgehead atoms. The first-order chi connectivity index (χ1) is 15.7. The van der Waals surface area contributed by atoms with E-state index in [1.807, 2.05) is 97.2 Å². The van der Waals surface area contributed by atoms with Crippen LogP contribution in [-0.4, -0.2) is 20.9 Å². The number of carbonyl (C=O) groups excluding carboxylic acids is 1. The Labute approximate surface area is 186 Å². The van der Waals surface area contributed by atoms with Crippen LogP contribution in [0.5, 0.6) is 0 Å². The van der Waals surface area contributed by atoms with Crippen molar-refractivity contribution in [2.24, 2.45) is 0 Å². The molecule has 3 aromatic carbocycles. The molecule has 4 aromatic rings. The number of carbonyl (C=O) groups is 1. The van der Waals surface area contributed by atoms with Crippen molar-refractivity contribution in [2.45, 2.75) is 13.0 Å². The number of hydrogen-bond donors (Lipinski definition) is 1. The van der Waals surface area contributed by atoms with Gasteiger partial charge in [0.2, 0.25) is 5.91 Å². The summed E-state index contributed by atoms with van der Waals surface area (Å²) in [5.41, 5.74) is 4.79. The molecule has 1 aromatic heterocycles. The summed E-state index contributed by atoms with van der Waals surface area (Å²) < 4.78 is 1.66. The van der Waals surface area contributed by atoms with Gasteiger partial charge in [-0.15, -0.1) is 5.10 Å². The maximum Gasteiger partial charge on any atom is 0.226 e. The maximum atomic E-state index is 12.1. The van der Waals surface area contributed by atoms with E-state index in [1.165, 1.54) is 0 Å². The predicted molar refractivity (Wildman–Crippen MR) is 125 cm³/mol. The van der Waals surface area contributed by atoms with Crippen LogP contribution in [0.3, 0.4) is 0 Å². The number of aryl methyl sites for hydroxylation is 1. The number of anilines is 1. The van der Waals surface area contributed by atoms with Gasteiger partial charge in [-0.2, -0.15) is 5.26 Å². The Bertz CT molecular complexity index is 1250. The second kappa shape index (κ2) is 10.0. The lowest BCUT2D eigenvalue weighted by Crippen LogP contribution is -2.14. The van der Waals surface area contributed by atoms with E-state index in [4.69, 9.17) is 0 Å². The van der Waals surface area contributed by atoms with Gasteiger partial charge in [0.25, 0.3) is 0 Å². The molecule has 6 nitrogen and oxygen atoms in total. The van der Waals surface area contributed by atoms with Crippen LogP contribution in [0, 0.1) is 11.3 Å². The lowest BCUT2D eigenvalue weighted by molar-refractivity contribution is -0.116. The second-order valence-electron chi connectivity index (χ2n) is 7.19. The monoisotopic (exact) mass is 419 g/mol. The number of hydrogen-bond acceptors (Lipinski definition) is 4. The number of nitriles is 1. The Hall–Kier alpha value is -4.50. The Kier molecular flexibility index (Phi) is 6.49. The zero-order chi connectivity index (χ0) is 22.2. The van der Waals surface area contributed by atoms with Crippen molar-refractivity contribution in [1.82, 2.24) is 15.0 Å². The minimum absolute atomic E-state index is 0.0770. The molecule has 0 saturated carbocycles. The van der Waals surface area contributed by atoms with Crippen molar-refractivity contribution < 1.29 is 4.79 Å². The van der Waals surface area contributed by atoms with Crippen molar-refractivity contribution in [2.75, 3.05) is 5.32 Å². The van der Waals surface area contributed by atoms with Crippen LogP contribution in [0.2, 0.25) is 0 Å². The van der Waals surface area contributed by atoms with Gasteiger partial charge in [0.1, 0.15) is 5.69 Å². The Morgan fingerprint density at radius 3 is 2.34 bits per heavy atom. The van der Waals surface area contributed by atoms with Gasteiger partial charge in [-0.05, 0) is 29.3 Å². The Balaban J connectivity index is 1.39. The number of amides is 1. The highest BCUT2D eigenvalue weighted by molar-refractivity contribution is 5.91. The molecule has 0 unspecified atom stereocenters. The molecular weight excluding hydrogens is 398 g/mol. The van der Waals surface area contributed by atoms with E-state index in [0.29, 0.717) is 24.2 Å². The summed E-state index contributed by atoms with van der Waals surface area (Å²) >= 11 is 0. The predicted octanol–water partition coefficient (Wildman–Crippen LogP) is 5.04. The van der Waals surface area contributed by atoms with Crippen molar-refractivity contribution in [1.29, 1.82) is 5.26 Å². The van der Waals surface area contributed by atoms with Crippen LogP contribution >= 0.6 is 0 Å². The zero-order valence-corrected chi connectivity index (χ0v) is 17.3. The van der Waals surface area contributed by atoms with Gasteiger partial charge in [0, 0.05) is 17.7 Å². The standard InChI is InChI=1S/C26H21N5O/c27-18-23(17-20-7-3-1-4-8-20)21-11-13-22(14-12-21)25-19-31(30-29-25)16-15-26(32)28-24-9-5-2-6-10-24/h1-14,17,19H,15-16H2,(H,28,32)/b23-17+. The molecule has 1 N–H and O–H groups in total. The van der Waals surface area contributed by atoms with Crippen LogP contribution in [0.4, 0.5) is 5.69 Å². The molecule has 1 heterocycles. The molecule has 0 radical (unpaired) electrons. The fraction of sp³-hybridized carbons (Fsp3) is 0.0769. The number of para-hydroxylation sites is 1. The lowest BCUT2D eigenvalue weighted by Gasteiger charge is -2.04. The van der Waals surface area contributed by atoms with Gasteiger partial charge in [-0.25, -0.2) is 0 Å². The summed E-state index contributed by atoms with van der Waals surface area (Å²) in [6.45, 7) is 0.433. The highest BCUT2D eigenvalue weighted by atomic mass is 16.1. The van der Waals surface area contributed by atoms with E-state index in [9.17, 15) is 10.1 Å². The molecular formula is C26H21N5O. The highest BCUT2D eigenvalue weighted by Crippen LogP contribution is 2.22. The Morgan fingerprint density at radius 1 is 0.969 bits per heavy atom. The van der Waals surface area contributed by atoms with Crippen molar-refractivity contribution in [3.8, 4) is 17.3 Å². The average Bonchev–Trinajstić information content (AvgIpc) is 3.32. The van der Waals surface area contributed by atoms with Gasteiger partial charge >= 0.3 is 0 Å². The van der Waals surface area contributed by atoms with Crippen LogP contribution in [0.1, 0.15) is 17.5 Å². The molecule has 0 aliphatic rings. The number of nitrogens with one attached hydrogen (secondary N) is 1. The molecule has 0 spiro atoms. The van der Waals surface area contributed by atoms with Crippen LogP contribution < -0.4 is 5.32 Å². The molecule has 0 aliphatic heterocycles. The minimum Gasteiger partial charge on any atom is -0.326 e. The number of allylic oxidation sites excluding steroid dienone is 1. The molecule has 6 heteroatoms. The van der Waals surface area contributed by atoms with Gasteiger partial charge in [-0.1, -0.05) is 78.0 Å². The topological polar surface area (TPSA) is 83.6 Å². The van der Waals surface area contributed by atoms with Crippen molar-refractivity contribution in [3.63, 3.8) is 0 Å². The molecule has 0 fully saturated rings. The smallest absolute Gasteiger partial charge is 0.226 e. The van der Waals surface area contributed by atoms with E-state index in [2.05, 4.69) is 21.7 Å². The van der Waals surface area contributed by atoms with Crippen LogP contribution in [0.25, 0.3) is 22.9 Å². The minimum atomic E-state index is -0.0770. The number of aromatic nitrogens is 3. The summed E-state index contributed by atoms with van der Waals surface area (Å²) in [5.74, 6) is -0.0770. The average molecular weight is 419 g/mol. The summed E-state index contributed by atoms with van der Waals surface area (Å²) in [7, 11) is 0. The molecule has 32 heavy (non-hydrogen) atoms. The second-order valence-corrected chi connectivity index (χ2v) is 7.19. The third-order valence-electron chi connectivity index (χ3n) is 4.89. The summed E-state index contributed by atoms with van der Waals surface area (Å²) in [6.07, 6.45) is 3.98. The largest absolute Gasteiger partial charge is 0.326 e. The number of benzene rings is 3. The van der Waals surface area contributed by atoms with E-state index < -0.39 is 0 Å². The highest BCUT2D eigenvalue weighted by Gasteiger charge is 2.08. The quantitative estimate of drug-likeness (QED) is 0.336. The fourth-order valence-electron chi connectivity index (χ4n) is 3.22. The first-order valence-corrected chi connectivity index (χ1v) is 10.2. The van der Waals surface area contributed by atoms with Gasteiger partial charge in [0.05, 0.1) is 24.4 Å². The third kappa shape index (κ3) is 5.35. The number of rotatable bonds is 7. The van der Waals surface area contributed by atoms with Crippen molar-refractivity contribution in [3.05, 3.63) is 102 Å². The SMILES string of the molecule is N#C/C(=C\c1ccccc1)c1ccc(-c2cn(CCC(=O)Nc3ccccc3)nn2)cc1. The molecule has 0 aliphatic carbocycles. The first-order valence-electron chi connectivity index (χ1n) is 10.2. The Morgan fingerprint density at radius 2 is 1.66 bits per heavy atom. The normalized spacial score (nSPS) is 11.0. The van der Waals surface area contributed by atoms with E-state index in [0.717, 1.165) is 22.4 Å². The van der Waals surface area contributed by atoms with Crippen LogP contribution in [-0.2, 0) is 11.3 Å². The number of nitrogens with zero attached hydrogens (tertiary/aromatic N) is 4. The summed E-state index contributed by atoms with van der Waals surface area (Å²) in [4.78, 5) is 12.1. The van der Waals surface area contributed by atoms with E-state index in [1.54, 1.807) is 4.68 Å². The van der Waals surface area contributed by atoms with E-state index in [-0.39, 0.29) is 5.91 Å². The van der Waals surface area contributed by atoms with E-state index >= 15 is 0 Å². The lowest BCUT2D eigenvalue weighted by atomic mass is 10.0. The summed E-state index contributed by atoms with van der Waals surface area (Å²) in [5, 5.41) is 20.7. The first kappa shape index (κ1) is 20.8. The third-order valence-corrected chi connectivity index (χ3v) is 4.89. The van der Waals surface area contributed by atoms with Crippen molar-refractivity contribution >= 4 is 23.2 Å². The molecule has 156 valence electrons. The molecule has 0 atom stereocenters. The maximum absolute atomic E-state index is 12.1.